The van der Waals surface area contributed by atoms with Crippen LogP contribution in [0.3, 0.4) is 0 Å². The molecule has 28 heavy (non-hydrogen) atoms. The monoisotopic (exact) mass is 377 g/mol. The van der Waals surface area contributed by atoms with Gasteiger partial charge < -0.3 is 9.64 Å². The highest BCUT2D eigenvalue weighted by Crippen LogP contribution is 2.25. The van der Waals surface area contributed by atoms with E-state index in [9.17, 15) is 9.59 Å². The number of rotatable bonds is 5. The van der Waals surface area contributed by atoms with Crippen LogP contribution in [0.4, 0.5) is 0 Å². The number of nitrogens with zero attached hydrogens (tertiary/aromatic N) is 5. The van der Waals surface area contributed by atoms with Crippen molar-refractivity contribution >= 4 is 11.9 Å². The van der Waals surface area contributed by atoms with Crippen molar-refractivity contribution in [2.45, 2.75) is 18.9 Å². The van der Waals surface area contributed by atoms with E-state index in [4.69, 9.17) is 4.74 Å². The topological polar surface area (TPSA) is 90.2 Å². The molecule has 142 valence electrons. The van der Waals surface area contributed by atoms with Gasteiger partial charge in [-0.3, -0.25) is 4.79 Å². The van der Waals surface area contributed by atoms with Crippen LogP contribution < -0.4 is 0 Å². The van der Waals surface area contributed by atoms with Gasteiger partial charge >= 0.3 is 5.97 Å². The van der Waals surface area contributed by atoms with Crippen LogP contribution in [0.2, 0.25) is 0 Å². The smallest absolute Gasteiger partial charge is 0.341 e. The van der Waals surface area contributed by atoms with E-state index in [2.05, 4.69) is 15.5 Å². The molecular weight excluding hydrogens is 358 g/mol. The van der Waals surface area contributed by atoms with Crippen LogP contribution in [0.1, 0.15) is 34.9 Å². The number of esters is 1. The number of carbonyl (C=O) groups is 2. The van der Waals surface area contributed by atoms with Crippen LogP contribution >= 0.6 is 0 Å². The number of benzene rings is 2. The molecule has 0 spiro atoms. The third-order valence-electron chi connectivity index (χ3n) is 4.69. The molecule has 1 aliphatic heterocycles. The fraction of sp³-hybridized carbons (Fsp3) is 0.250. The van der Waals surface area contributed by atoms with Gasteiger partial charge in [-0.25, -0.2) is 4.79 Å². The van der Waals surface area contributed by atoms with Crippen molar-refractivity contribution in [3.05, 3.63) is 72.1 Å². The summed E-state index contributed by atoms with van der Waals surface area (Å²) in [4.78, 5) is 27.8. The van der Waals surface area contributed by atoms with Gasteiger partial charge in [0.2, 0.25) is 6.10 Å². The first-order valence-electron chi connectivity index (χ1n) is 9.11. The third-order valence-corrected chi connectivity index (χ3v) is 4.69. The van der Waals surface area contributed by atoms with Gasteiger partial charge in [0, 0.05) is 18.7 Å². The normalized spacial score (nSPS) is 14.6. The van der Waals surface area contributed by atoms with E-state index in [0.29, 0.717) is 24.3 Å². The summed E-state index contributed by atoms with van der Waals surface area (Å²) in [5.41, 5.74) is 1.41. The van der Waals surface area contributed by atoms with E-state index < -0.39 is 12.1 Å². The summed E-state index contributed by atoms with van der Waals surface area (Å²) in [6.07, 6.45) is 2.33. The summed E-state index contributed by atoms with van der Waals surface area (Å²) < 4.78 is 7.11. The van der Waals surface area contributed by atoms with E-state index in [1.807, 2.05) is 18.2 Å². The minimum Gasteiger partial charge on any atom is -0.444 e. The van der Waals surface area contributed by atoms with Gasteiger partial charge in [0.05, 0.1) is 11.3 Å². The quantitative estimate of drug-likeness (QED) is 0.633. The van der Waals surface area contributed by atoms with Crippen molar-refractivity contribution < 1.29 is 14.3 Å². The summed E-state index contributed by atoms with van der Waals surface area (Å²) in [5, 5.41) is 11.1. The second-order valence-electron chi connectivity index (χ2n) is 6.50. The van der Waals surface area contributed by atoms with Crippen molar-refractivity contribution in [1.29, 1.82) is 0 Å². The second kappa shape index (κ2) is 7.99. The molecule has 0 saturated carbocycles. The largest absolute Gasteiger partial charge is 0.444 e. The SMILES string of the molecule is O=C(O[C@H](C(=O)N1CCCC1)c1ccccc1)c1ccccc1-n1cnnn1. The molecule has 0 N–H and O–H groups in total. The first-order valence-corrected chi connectivity index (χ1v) is 9.11. The molecule has 8 heteroatoms. The van der Waals surface area contributed by atoms with Gasteiger partial charge in [0.25, 0.3) is 5.91 Å². The Morgan fingerprint density at radius 2 is 1.68 bits per heavy atom. The summed E-state index contributed by atoms with van der Waals surface area (Å²) in [7, 11) is 0. The first-order chi connectivity index (χ1) is 13.7. The van der Waals surface area contributed by atoms with Crippen LogP contribution in [0, 0.1) is 0 Å². The molecule has 8 nitrogen and oxygen atoms in total. The Bertz CT molecular complexity index is 953. The Hall–Kier alpha value is -3.55. The zero-order valence-corrected chi connectivity index (χ0v) is 15.1. The Morgan fingerprint density at radius 3 is 2.39 bits per heavy atom. The number of ether oxygens (including phenoxy) is 1. The van der Waals surface area contributed by atoms with Crippen LogP contribution in [0.5, 0.6) is 0 Å². The molecule has 0 bridgehead atoms. The van der Waals surface area contributed by atoms with E-state index >= 15 is 0 Å². The van der Waals surface area contributed by atoms with Crippen molar-refractivity contribution in [3.63, 3.8) is 0 Å². The van der Waals surface area contributed by atoms with E-state index in [1.165, 1.54) is 11.0 Å². The van der Waals surface area contributed by atoms with Gasteiger partial charge in [-0.05, 0) is 35.4 Å². The van der Waals surface area contributed by atoms with Gasteiger partial charge in [-0.15, -0.1) is 5.10 Å². The maximum Gasteiger partial charge on any atom is 0.341 e. The first kappa shape index (κ1) is 17.8. The van der Waals surface area contributed by atoms with Crippen molar-refractivity contribution in [2.24, 2.45) is 0 Å². The van der Waals surface area contributed by atoms with Gasteiger partial charge in [0.15, 0.2) is 0 Å². The number of amides is 1. The molecule has 1 amide bonds. The number of likely N-dealkylation sites (tertiary alicyclic amines) is 1. The molecule has 1 saturated heterocycles. The Morgan fingerprint density at radius 1 is 0.964 bits per heavy atom. The van der Waals surface area contributed by atoms with Crippen molar-refractivity contribution in [1.82, 2.24) is 25.1 Å². The summed E-state index contributed by atoms with van der Waals surface area (Å²) in [6, 6.07) is 15.9. The molecule has 1 aromatic heterocycles. The van der Waals surface area contributed by atoms with E-state index in [1.54, 1.807) is 41.3 Å². The predicted molar refractivity (Wildman–Crippen MR) is 99.6 cm³/mol. The Kier molecular flexibility index (Phi) is 5.09. The molecule has 2 heterocycles. The summed E-state index contributed by atoms with van der Waals surface area (Å²) in [6.45, 7) is 1.36. The predicted octanol–water partition coefficient (Wildman–Crippen LogP) is 2.18. The number of para-hydroxylation sites is 1. The fourth-order valence-corrected chi connectivity index (χ4v) is 3.28. The average Bonchev–Trinajstić information content (AvgIpc) is 3.46. The average molecular weight is 377 g/mol. The molecule has 1 atom stereocenters. The maximum atomic E-state index is 13.0. The van der Waals surface area contributed by atoms with Crippen molar-refractivity contribution in [3.8, 4) is 5.69 Å². The molecule has 0 aliphatic carbocycles. The number of hydrogen-bond acceptors (Lipinski definition) is 6. The molecule has 0 unspecified atom stereocenters. The highest BCUT2D eigenvalue weighted by molar-refractivity contribution is 5.95. The number of tetrazole rings is 1. The standard InChI is InChI=1S/C20H19N5O3/c26-19(24-12-6-7-13-24)18(15-8-2-1-3-9-15)28-20(27)16-10-4-5-11-17(16)25-14-21-22-23-25/h1-5,8-11,14,18H,6-7,12-13H2/t18-/m0/s1. The Balaban J connectivity index is 1.64. The molecule has 0 radical (unpaired) electrons. The van der Waals surface area contributed by atoms with Crippen LogP contribution in [0.15, 0.2) is 60.9 Å². The third kappa shape index (κ3) is 3.62. The Labute approximate surface area is 161 Å². The van der Waals surface area contributed by atoms with Gasteiger partial charge in [0.1, 0.15) is 6.33 Å². The lowest BCUT2D eigenvalue weighted by atomic mass is 10.1. The van der Waals surface area contributed by atoms with Gasteiger partial charge in [-0.1, -0.05) is 42.5 Å². The molecular formula is C20H19N5O3. The minimum absolute atomic E-state index is 0.197. The number of hydrogen-bond donors (Lipinski definition) is 0. The van der Waals surface area contributed by atoms with Crippen LogP contribution in [0.25, 0.3) is 5.69 Å². The molecule has 3 aromatic rings. The lowest BCUT2D eigenvalue weighted by Crippen LogP contribution is -2.35. The maximum absolute atomic E-state index is 13.0. The van der Waals surface area contributed by atoms with Crippen LogP contribution in [-0.2, 0) is 9.53 Å². The molecule has 1 fully saturated rings. The zero-order valence-electron chi connectivity index (χ0n) is 15.1. The minimum atomic E-state index is -0.992. The zero-order chi connectivity index (χ0) is 19.3. The molecule has 2 aromatic carbocycles. The molecule has 1 aliphatic rings. The van der Waals surface area contributed by atoms with Gasteiger partial charge in [-0.2, -0.15) is 4.68 Å². The lowest BCUT2D eigenvalue weighted by molar-refractivity contribution is -0.140. The second-order valence-corrected chi connectivity index (χ2v) is 6.50. The summed E-state index contributed by atoms with van der Waals surface area (Å²) >= 11 is 0. The fourth-order valence-electron chi connectivity index (χ4n) is 3.28. The highest BCUT2D eigenvalue weighted by atomic mass is 16.5. The van der Waals surface area contributed by atoms with Crippen LogP contribution in [-0.4, -0.2) is 50.1 Å². The summed E-state index contributed by atoms with van der Waals surface area (Å²) in [5.74, 6) is -0.801. The highest BCUT2D eigenvalue weighted by Gasteiger charge is 2.31. The molecule has 4 rings (SSSR count). The van der Waals surface area contributed by atoms with E-state index in [0.717, 1.165) is 12.8 Å². The number of aromatic nitrogens is 4. The lowest BCUT2D eigenvalue weighted by Gasteiger charge is -2.24. The van der Waals surface area contributed by atoms with Crippen molar-refractivity contribution in [2.75, 3.05) is 13.1 Å². The van der Waals surface area contributed by atoms with E-state index in [-0.39, 0.29) is 11.5 Å². The number of carbonyl (C=O) groups excluding carboxylic acids is 2.